The van der Waals surface area contributed by atoms with Crippen molar-refractivity contribution in [1.82, 2.24) is 5.32 Å². The van der Waals surface area contributed by atoms with Crippen LogP contribution in [0.25, 0.3) is 0 Å². The van der Waals surface area contributed by atoms with Crippen LogP contribution in [0.5, 0.6) is 0 Å². The van der Waals surface area contributed by atoms with Gasteiger partial charge in [0.05, 0.1) is 22.2 Å². The van der Waals surface area contributed by atoms with E-state index in [1.807, 2.05) is 0 Å². The van der Waals surface area contributed by atoms with Crippen LogP contribution in [0.2, 0.25) is 15.1 Å². The zero-order valence-electron chi connectivity index (χ0n) is 12.4. The van der Waals surface area contributed by atoms with E-state index in [-0.39, 0.29) is 12.6 Å². The lowest BCUT2D eigenvalue weighted by Gasteiger charge is -2.12. The maximum absolute atomic E-state index is 13.9. The average Bonchev–Trinajstić information content (AvgIpc) is 3.36. The zero-order valence-corrected chi connectivity index (χ0v) is 14.7. The number of benzene rings is 1. The molecule has 0 aromatic heterocycles. The summed E-state index contributed by atoms with van der Waals surface area (Å²) in [4.78, 5) is 24.6. The lowest BCUT2D eigenvalue weighted by molar-refractivity contribution is -0.138. The minimum absolute atomic E-state index is 0.0116. The molecule has 4 nitrogen and oxygen atoms in total. The molecule has 1 aliphatic rings. The van der Waals surface area contributed by atoms with Crippen molar-refractivity contribution in [2.24, 2.45) is 0 Å². The maximum Gasteiger partial charge on any atom is 0.343 e. The van der Waals surface area contributed by atoms with Crippen molar-refractivity contribution in [1.29, 1.82) is 0 Å². The fourth-order valence-corrected chi connectivity index (χ4v) is 2.70. The highest BCUT2D eigenvalue weighted by molar-refractivity contribution is 6.44. The van der Waals surface area contributed by atoms with Crippen molar-refractivity contribution in [3.8, 4) is 0 Å². The van der Waals surface area contributed by atoms with Crippen LogP contribution in [0.15, 0.2) is 11.8 Å². The third kappa shape index (κ3) is 3.82. The number of esters is 1. The Labute approximate surface area is 151 Å². The molecule has 0 radical (unpaired) electrons. The Kier molecular flexibility index (Phi) is 6.06. The lowest BCUT2D eigenvalue weighted by atomic mass is 10.0. The molecule has 0 unspecified atom stereocenters. The number of hydrogen-bond acceptors (Lipinski definition) is 4. The Morgan fingerprint density at radius 3 is 2.17 bits per heavy atom. The number of Topliss-reactive ketones (excluding diaryl/α,β-unsaturated/α-hetero) is 1. The van der Waals surface area contributed by atoms with E-state index in [1.165, 1.54) is 0 Å². The van der Waals surface area contributed by atoms with E-state index < -0.39 is 49.6 Å². The molecule has 1 aromatic carbocycles. The zero-order chi connectivity index (χ0) is 18.0. The van der Waals surface area contributed by atoms with Gasteiger partial charge in [-0.1, -0.05) is 34.8 Å². The van der Waals surface area contributed by atoms with Crippen molar-refractivity contribution in [3.63, 3.8) is 0 Å². The van der Waals surface area contributed by atoms with E-state index in [4.69, 9.17) is 39.5 Å². The van der Waals surface area contributed by atoms with Gasteiger partial charge in [0, 0.05) is 12.2 Å². The second kappa shape index (κ2) is 7.68. The summed E-state index contributed by atoms with van der Waals surface area (Å²) in [6.45, 7) is 1.56. The molecule has 0 bridgehead atoms. The summed E-state index contributed by atoms with van der Waals surface area (Å²) in [5.74, 6) is -4.69. The third-order valence-corrected chi connectivity index (χ3v) is 4.26. The number of rotatable bonds is 6. The molecule has 2 rings (SSSR count). The Bertz CT molecular complexity index is 704. The van der Waals surface area contributed by atoms with E-state index in [2.05, 4.69) is 5.32 Å². The fourth-order valence-electron chi connectivity index (χ4n) is 1.82. The first-order valence-electron chi connectivity index (χ1n) is 6.99. The van der Waals surface area contributed by atoms with Gasteiger partial charge >= 0.3 is 5.97 Å². The number of hydrogen-bond donors (Lipinski definition) is 1. The minimum Gasteiger partial charge on any atom is -0.462 e. The summed E-state index contributed by atoms with van der Waals surface area (Å²) in [6.07, 6.45) is 2.91. The van der Waals surface area contributed by atoms with Crippen molar-refractivity contribution in [3.05, 3.63) is 44.0 Å². The highest BCUT2D eigenvalue weighted by Gasteiger charge is 2.31. The predicted octanol–water partition coefficient (Wildman–Crippen LogP) is 4.31. The van der Waals surface area contributed by atoms with Crippen molar-refractivity contribution >= 4 is 46.6 Å². The van der Waals surface area contributed by atoms with Crippen LogP contribution < -0.4 is 5.32 Å². The quantitative estimate of drug-likeness (QED) is 0.148. The van der Waals surface area contributed by atoms with Crippen LogP contribution in [0, 0.1) is 11.6 Å². The predicted molar refractivity (Wildman–Crippen MR) is 86.6 cm³/mol. The molecule has 9 heteroatoms. The molecule has 130 valence electrons. The van der Waals surface area contributed by atoms with Gasteiger partial charge in [0.2, 0.25) is 5.78 Å². The smallest absolute Gasteiger partial charge is 0.343 e. The summed E-state index contributed by atoms with van der Waals surface area (Å²) in [7, 11) is 0. The first-order chi connectivity index (χ1) is 11.3. The second-order valence-corrected chi connectivity index (χ2v) is 6.13. The van der Waals surface area contributed by atoms with Crippen molar-refractivity contribution < 1.29 is 23.1 Å². The Hall–Kier alpha value is -1.37. The van der Waals surface area contributed by atoms with E-state index >= 15 is 0 Å². The van der Waals surface area contributed by atoms with Gasteiger partial charge in [0.15, 0.2) is 11.6 Å². The normalized spacial score (nSPS) is 14.5. The molecule has 0 saturated heterocycles. The molecule has 0 spiro atoms. The van der Waals surface area contributed by atoms with Crippen LogP contribution in [0.3, 0.4) is 0 Å². The first-order valence-corrected chi connectivity index (χ1v) is 8.12. The van der Waals surface area contributed by atoms with Gasteiger partial charge in [0.1, 0.15) is 10.6 Å². The van der Waals surface area contributed by atoms with Crippen LogP contribution in [0.1, 0.15) is 30.1 Å². The van der Waals surface area contributed by atoms with Crippen LogP contribution in [0.4, 0.5) is 8.78 Å². The molecule has 1 aliphatic carbocycles. The van der Waals surface area contributed by atoms with Gasteiger partial charge in [-0.3, -0.25) is 4.79 Å². The molecule has 1 saturated carbocycles. The molecular weight excluding hydrogens is 387 g/mol. The van der Waals surface area contributed by atoms with Gasteiger partial charge < -0.3 is 10.1 Å². The summed E-state index contributed by atoms with van der Waals surface area (Å²) in [5, 5.41) is 0.380. The summed E-state index contributed by atoms with van der Waals surface area (Å²) >= 11 is 16.9. The van der Waals surface area contributed by atoms with Gasteiger partial charge in [-0.15, -0.1) is 0 Å². The second-order valence-electron chi connectivity index (χ2n) is 4.99. The van der Waals surface area contributed by atoms with Crippen LogP contribution in [-0.2, 0) is 9.53 Å². The standard InChI is InChI=1S/C15H12Cl3F2NO3/c1-2-24-15(23)7(5-21-6-3-4-6)14(22)8-9(16)12(19)11(18)13(20)10(8)17/h5-6,21H,2-4H2,1H3. The average molecular weight is 399 g/mol. The summed E-state index contributed by atoms with van der Waals surface area (Å²) in [6, 6.07) is 0.131. The Morgan fingerprint density at radius 2 is 1.71 bits per heavy atom. The molecule has 0 aliphatic heterocycles. The summed E-state index contributed by atoms with van der Waals surface area (Å²) < 4.78 is 32.5. The number of carbonyl (C=O) groups is 2. The van der Waals surface area contributed by atoms with Crippen LogP contribution >= 0.6 is 34.8 Å². The highest BCUT2D eigenvalue weighted by atomic mass is 35.5. The molecule has 0 atom stereocenters. The molecule has 1 aromatic rings. The Morgan fingerprint density at radius 1 is 1.17 bits per heavy atom. The van der Waals surface area contributed by atoms with E-state index in [0.717, 1.165) is 19.0 Å². The SMILES string of the molecule is CCOC(=O)C(=CNC1CC1)C(=O)c1c(Cl)c(F)c(Cl)c(F)c1Cl. The monoisotopic (exact) mass is 397 g/mol. The van der Waals surface area contributed by atoms with E-state index in [0.29, 0.717) is 0 Å². The minimum atomic E-state index is -1.33. The van der Waals surface area contributed by atoms with Gasteiger partial charge in [0.25, 0.3) is 0 Å². The first kappa shape index (κ1) is 19.0. The number of ketones is 1. The molecule has 1 fully saturated rings. The molecule has 1 N–H and O–H groups in total. The largest absolute Gasteiger partial charge is 0.462 e. The molecule has 0 heterocycles. The van der Waals surface area contributed by atoms with E-state index in [1.54, 1.807) is 6.92 Å². The number of carbonyl (C=O) groups excluding carboxylic acids is 2. The van der Waals surface area contributed by atoms with Crippen molar-refractivity contribution in [2.75, 3.05) is 6.61 Å². The lowest BCUT2D eigenvalue weighted by Crippen LogP contribution is -2.21. The maximum atomic E-state index is 13.9. The third-order valence-electron chi connectivity index (χ3n) is 3.22. The highest BCUT2D eigenvalue weighted by Crippen LogP contribution is 2.37. The van der Waals surface area contributed by atoms with E-state index in [9.17, 15) is 18.4 Å². The van der Waals surface area contributed by atoms with Crippen LogP contribution in [-0.4, -0.2) is 24.4 Å². The van der Waals surface area contributed by atoms with Gasteiger partial charge in [-0.25, -0.2) is 13.6 Å². The topological polar surface area (TPSA) is 55.4 Å². The Balaban J connectivity index is 2.50. The van der Waals surface area contributed by atoms with Gasteiger partial charge in [-0.2, -0.15) is 0 Å². The molecule has 24 heavy (non-hydrogen) atoms. The number of halogens is 5. The number of nitrogens with one attached hydrogen (secondary N) is 1. The van der Waals surface area contributed by atoms with Crippen molar-refractivity contribution in [2.45, 2.75) is 25.8 Å². The summed E-state index contributed by atoms with van der Waals surface area (Å²) in [5.41, 5.74) is -1.15. The molecular formula is C15H12Cl3F2NO3. The van der Waals surface area contributed by atoms with Gasteiger partial charge in [-0.05, 0) is 19.8 Å². The number of ether oxygens (including phenoxy) is 1. The fraction of sp³-hybridized carbons (Fsp3) is 0.333. The molecule has 0 amide bonds.